The molecule has 0 unspecified atom stereocenters. The number of rotatable bonds is 3. The van der Waals surface area contributed by atoms with Crippen LogP contribution >= 0.6 is 22.7 Å². The predicted octanol–water partition coefficient (Wildman–Crippen LogP) is 16.0. The molecule has 0 saturated heterocycles. The molecule has 12 rings (SSSR count). The first kappa shape index (κ1) is 30.2. The zero-order valence-corrected chi connectivity index (χ0v) is 30.8. The fourth-order valence-electron chi connectivity index (χ4n) is 9.04. The number of fused-ring (bicyclic) bond motifs is 12. The van der Waals surface area contributed by atoms with Crippen LogP contribution in [0.25, 0.3) is 117 Å². The van der Waals surface area contributed by atoms with Crippen molar-refractivity contribution in [3.05, 3.63) is 182 Å². The lowest BCUT2D eigenvalue weighted by Crippen LogP contribution is -1.91. The molecule has 0 aliphatic carbocycles. The highest BCUT2D eigenvalue weighted by molar-refractivity contribution is 7.28. The average molecular weight is 719 g/mol. The van der Waals surface area contributed by atoms with Gasteiger partial charge in [0.2, 0.25) is 0 Å². The standard InChI is InChI=1S/C52H30S2/c1-2-12-36-32(10-1)11-9-18-37(36)50-40-15-5-3-13-38(40)48(39-14-4-6-16-41(39)50)33-22-20-31(21-23-33)35-26-28-46-44(30-35)42-27-24-34-25-29-47-51(49(34)52(42)54-46)43-17-7-8-19-45(43)53-47/h1-30H. The first-order chi connectivity index (χ1) is 26.8. The molecule has 250 valence electrons. The van der Waals surface area contributed by atoms with Crippen LogP contribution in [0.2, 0.25) is 0 Å². The van der Waals surface area contributed by atoms with Crippen LogP contribution in [0.15, 0.2) is 182 Å². The number of benzene rings is 10. The van der Waals surface area contributed by atoms with Crippen molar-refractivity contribution in [3.8, 4) is 33.4 Å². The minimum Gasteiger partial charge on any atom is -0.135 e. The quantitative estimate of drug-likeness (QED) is 0.160. The van der Waals surface area contributed by atoms with Gasteiger partial charge in [-0.25, -0.2) is 0 Å². The van der Waals surface area contributed by atoms with Gasteiger partial charge in [-0.1, -0.05) is 158 Å². The first-order valence-corrected chi connectivity index (χ1v) is 20.1. The molecule has 0 spiro atoms. The lowest BCUT2D eigenvalue weighted by Gasteiger charge is -2.19. The smallest absolute Gasteiger partial charge is 0.0440 e. The highest BCUT2D eigenvalue weighted by atomic mass is 32.1. The lowest BCUT2D eigenvalue weighted by molar-refractivity contribution is 1.64. The van der Waals surface area contributed by atoms with Crippen LogP contribution in [0.4, 0.5) is 0 Å². The van der Waals surface area contributed by atoms with Gasteiger partial charge in [-0.2, -0.15) is 0 Å². The molecule has 10 aromatic carbocycles. The summed E-state index contributed by atoms with van der Waals surface area (Å²) in [4.78, 5) is 0. The molecular formula is C52H30S2. The fraction of sp³-hybridized carbons (Fsp3) is 0. The second kappa shape index (κ2) is 11.6. The van der Waals surface area contributed by atoms with Crippen molar-refractivity contribution in [2.75, 3.05) is 0 Å². The van der Waals surface area contributed by atoms with Gasteiger partial charge in [0, 0.05) is 45.7 Å². The summed E-state index contributed by atoms with van der Waals surface area (Å²) < 4.78 is 5.43. The van der Waals surface area contributed by atoms with Crippen LogP contribution in [-0.2, 0) is 0 Å². The van der Waals surface area contributed by atoms with Gasteiger partial charge in [0.05, 0.1) is 0 Å². The van der Waals surface area contributed by atoms with Crippen molar-refractivity contribution < 1.29 is 0 Å². The largest absolute Gasteiger partial charge is 0.135 e. The maximum absolute atomic E-state index is 2.41. The second-order valence-electron chi connectivity index (χ2n) is 14.3. The third-order valence-corrected chi connectivity index (χ3v) is 13.8. The van der Waals surface area contributed by atoms with Gasteiger partial charge in [-0.3, -0.25) is 0 Å². The van der Waals surface area contributed by atoms with E-state index in [1.54, 1.807) is 0 Å². The molecule has 2 aromatic heterocycles. The minimum atomic E-state index is 1.23. The summed E-state index contributed by atoms with van der Waals surface area (Å²) in [5.74, 6) is 0. The molecule has 0 fully saturated rings. The Morgan fingerprint density at radius 2 is 0.852 bits per heavy atom. The maximum Gasteiger partial charge on any atom is 0.0440 e. The summed E-state index contributed by atoms with van der Waals surface area (Å²) in [6.45, 7) is 0. The van der Waals surface area contributed by atoms with E-state index in [0.717, 1.165) is 0 Å². The van der Waals surface area contributed by atoms with Gasteiger partial charge in [-0.05, 0) is 95.3 Å². The topological polar surface area (TPSA) is 0 Å². The molecule has 2 heterocycles. The summed E-state index contributed by atoms with van der Waals surface area (Å²) in [5.41, 5.74) is 7.57. The van der Waals surface area contributed by atoms with Crippen molar-refractivity contribution >= 4 is 106 Å². The maximum atomic E-state index is 2.41. The van der Waals surface area contributed by atoms with Crippen molar-refractivity contribution in [1.29, 1.82) is 0 Å². The molecule has 0 aliphatic rings. The normalized spacial score (nSPS) is 12.1. The predicted molar refractivity (Wildman–Crippen MR) is 239 cm³/mol. The summed E-state index contributed by atoms with van der Waals surface area (Å²) in [5, 5.41) is 15.8. The molecule has 0 atom stereocenters. The number of hydrogen-bond donors (Lipinski definition) is 0. The third-order valence-electron chi connectivity index (χ3n) is 11.5. The molecule has 0 nitrogen and oxygen atoms in total. The zero-order valence-electron chi connectivity index (χ0n) is 29.1. The number of thiophene rings is 2. The van der Waals surface area contributed by atoms with Crippen LogP contribution < -0.4 is 0 Å². The monoisotopic (exact) mass is 718 g/mol. The van der Waals surface area contributed by atoms with Gasteiger partial charge in [0.25, 0.3) is 0 Å². The lowest BCUT2D eigenvalue weighted by atomic mass is 9.84. The Bertz CT molecular complexity index is 3430. The van der Waals surface area contributed by atoms with E-state index >= 15 is 0 Å². The van der Waals surface area contributed by atoms with Gasteiger partial charge >= 0.3 is 0 Å². The summed E-state index contributed by atoms with van der Waals surface area (Å²) in [6.07, 6.45) is 0. The van der Waals surface area contributed by atoms with E-state index in [1.807, 2.05) is 22.7 Å². The van der Waals surface area contributed by atoms with E-state index in [0.29, 0.717) is 0 Å². The Balaban J connectivity index is 1.02. The Hall–Kier alpha value is -6.32. The van der Waals surface area contributed by atoms with Crippen LogP contribution in [0.3, 0.4) is 0 Å². The molecule has 0 amide bonds. The van der Waals surface area contributed by atoms with Gasteiger partial charge in [0.15, 0.2) is 0 Å². The third kappa shape index (κ3) is 4.36. The van der Waals surface area contributed by atoms with E-state index in [-0.39, 0.29) is 0 Å². The molecule has 0 N–H and O–H groups in total. The Morgan fingerprint density at radius 3 is 1.63 bits per heavy atom. The Kier molecular flexibility index (Phi) is 6.48. The minimum absolute atomic E-state index is 1.23. The van der Waals surface area contributed by atoms with Crippen molar-refractivity contribution in [3.63, 3.8) is 0 Å². The van der Waals surface area contributed by atoms with Crippen LogP contribution in [0, 0.1) is 0 Å². The van der Waals surface area contributed by atoms with Gasteiger partial charge in [-0.15, -0.1) is 22.7 Å². The van der Waals surface area contributed by atoms with Crippen LogP contribution in [-0.4, -0.2) is 0 Å². The molecule has 54 heavy (non-hydrogen) atoms. The Labute approximate surface area is 319 Å². The fourth-order valence-corrected chi connectivity index (χ4v) is 11.4. The molecule has 12 aromatic rings. The highest BCUT2D eigenvalue weighted by Gasteiger charge is 2.19. The van der Waals surface area contributed by atoms with Crippen molar-refractivity contribution in [2.45, 2.75) is 0 Å². The van der Waals surface area contributed by atoms with E-state index in [9.17, 15) is 0 Å². The van der Waals surface area contributed by atoms with E-state index < -0.39 is 0 Å². The van der Waals surface area contributed by atoms with E-state index in [4.69, 9.17) is 0 Å². The van der Waals surface area contributed by atoms with Crippen molar-refractivity contribution in [1.82, 2.24) is 0 Å². The zero-order chi connectivity index (χ0) is 35.3. The molecule has 0 radical (unpaired) electrons. The van der Waals surface area contributed by atoms with E-state index in [2.05, 4.69) is 182 Å². The van der Waals surface area contributed by atoms with Gasteiger partial charge in [0.1, 0.15) is 0 Å². The summed E-state index contributed by atoms with van der Waals surface area (Å²) in [6, 6.07) is 67.7. The molecule has 0 saturated carbocycles. The highest BCUT2D eigenvalue weighted by Crippen LogP contribution is 2.47. The summed E-state index contributed by atoms with van der Waals surface area (Å²) >= 11 is 3.82. The Morgan fingerprint density at radius 1 is 0.278 bits per heavy atom. The second-order valence-corrected chi connectivity index (χ2v) is 16.5. The van der Waals surface area contributed by atoms with E-state index in [1.165, 1.54) is 117 Å². The van der Waals surface area contributed by atoms with Gasteiger partial charge < -0.3 is 0 Å². The SMILES string of the molecule is c1ccc2c(-c3c4ccccc4c(-c4ccc(-c5ccc6sc7c(ccc8ccc9sc%10ccccc%10c9c87)c6c5)cc4)c4ccccc34)cccc2c1. The molecular weight excluding hydrogens is 689 g/mol. The average Bonchev–Trinajstić information content (AvgIpc) is 3.81. The first-order valence-electron chi connectivity index (χ1n) is 18.5. The molecule has 2 heteroatoms. The molecule has 0 aliphatic heterocycles. The number of hydrogen-bond acceptors (Lipinski definition) is 2. The van der Waals surface area contributed by atoms with Crippen molar-refractivity contribution in [2.24, 2.45) is 0 Å². The van der Waals surface area contributed by atoms with Crippen LogP contribution in [0.5, 0.6) is 0 Å². The molecule has 0 bridgehead atoms. The summed E-state index contributed by atoms with van der Waals surface area (Å²) in [7, 11) is 0. The van der Waals surface area contributed by atoms with Crippen LogP contribution in [0.1, 0.15) is 0 Å².